The van der Waals surface area contributed by atoms with Gasteiger partial charge in [0.25, 0.3) is 0 Å². The molecule has 1 aromatic carbocycles. The van der Waals surface area contributed by atoms with Crippen molar-refractivity contribution in [1.82, 2.24) is 9.13 Å². The minimum absolute atomic E-state index is 0.00836. The highest BCUT2D eigenvalue weighted by molar-refractivity contribution is 9.10. The van der Waals surface area contributed by atoms with Gasteiger partial charge in [0.05, 0.1) is 11.0 Å². The summed E-state index contributed by atoms with van der Waals surface area (Å²) >= 11 is 3.57. The molecule has 1 aromatic heterocycles. The second kappa shape index (κ2) is 5.51. The fourth-order valence-corrected chi connectivity index (χ4v) is 3.02. The third-order valence-corrected chi connectivity index (χ3v) is 4.35. The minimum atomic E-state index is -0.0128. The number of benzene rings is 1. The number of aryl methyl sites for hydroxylation is 2. The lowest BCUT2D eigenvalue weighted by molar-refractivity contribution is 0.602. The molecule has 0 saturated carbocycles. The van der Waals surface area contributed by atoms with E-state index < -0.39 is 0 Å². The molecule has 104 valence electrons. The van der Waals surface area contributed by atoms with E-state index in [0.29, 0.717) is 0 Å². The molecule has 0 aliphatic rings. The molecule has 0 amide bonds. The smallest absolute Gasteiger partial charge is 0.324 e. The lowest BCUT2D eigenvalue weighted by atomic mass is 10.0. The maximum atomic E-state index is 11.9. The van der Waals surface area contributed by atoms with E-state index in [1.165, 1.54) is 0 Å². The SMILES string of the molecule is CCCCC(N)c1cc2c(cc1Br)n(C)c(=O)n2C. The summed E-state index contributed by atoms with van der Waals surface area (Å²) in [7, 11) is 3.58. The number of hydrogen-bond acceptors (Lipinski definition) is 2. The summed E-state index contributed by atoms with van der Waals surface area (Å²) in [5, 5.41) is 0. The molecule has 0 bridgehead atoms. The third kappa shape index (κ3) is 2.49. The number of rotatable bonds is 4. The van der Waals surface area contributed by atoms with E-state index >= 15 is 0 Å². The third-order valence-electron chi connectivity index (χ3n) is 3.66. The number of aromatic nitrogens is 2. The summed E-state index contributed by atoms with van der Waals surface area (Å²) in [6.07, 6.45) is 3.21. The summed E-state index contributed by atoms with van der Waals surface area (Å²) in [6, 6.07) is 4.02. The van der Waals surface area contributed by atoms with Crippen molar-refractivity contribution >= 4 is 27.0 Å². The van der Waals surface area contributed by atoms with Crippen LogP contribution in [0.5, 0.6) is 0 Å². The van der Waals surface area contributed by atoms with Gasteiger partial charge in [-0.2, -0.15) is 0 Å². The summed E-state index contributed by atoms with van der Waals surface area (Å²) < 4.78 is 4.30. The highest BCUT2D eigenvalue weighted by Crippen LogP contribution is 2.29. The quantitative estimate of drug-likeness (QED) is 0.939. The zero-order valence-electron chi connectivity index (χ0n) is 11.6. The Balaban J connectivity index is 2.55. The first-order valence-corrected chi connectivity index (χ1v) is 7.37. The maximum absolute atomic E-state index is 11.9. The van der Waals surface area contributed by atoms with Crippen LogP contribution in [0.15, 0.2) is 21.4 Å². The van der Waals surface area contributed by atoms with Crippen LogP contribution in [0, 0.1) is 0 Å². The van der Waals surface area contributed by atoms with Crippen LogP contribution in [-0.4, -0.2) is 9.13 Å². The van der Waals surface area contributed by atoms with Crippen LogP contribution in [0.4, 0.5) is 0 Å². The fourth-order valence-electron chi connectivity index (χ4n) is 2.40. The minimum Gasteiger partial charge on any atom is -0.324 e. The molecule has 0 radical (unpaired) electrons. The largest absolute Gasteiger partial charge is 0.328 e. The summed E-state index contributed by atoms with van der Waals surface area (Å²) in [6.45, 7) is 2.16. The molecule has 5 heteroatoms. The molecule has 1 heterocycles. The van der Waals surface area contributed by atoms with E-state index in [1.54, 1.807) is 23.2 Å². The van der Waals surface area contributed by atoms with E-state index in [2.05, 4.69) is 22.9 Å². The monoisotopic (exact) mass is 325 g/mol. The van der Waals surface area contributed by atoms with Crippen molar-refractivity contribution in [2.24, 2.45) is 19.8 Å². The summed E-state index contributed by atoms with van der Waals surface area (Å²) in [4.78, 5) is 11.9. The van der Waals surface area contributed by atoms with E-state index in [4.69, 9.17) is 5.73 Å². The Kier molecular flexibility index (Phi) is 4.16. The average Bonchev–Trinajstić information content (AvgIpc) is 2.60. The molecule has 0 aliphatic heterocycles. The number of nitrogens with zero attached hydrogens (tertiary/aromatic N) is 2. The number of fused-ring (bicyclic) bond motifs is 1. The first kappa shape index (κ1) is 14.3. The Bertz CT molecular complexity index is 657. The van der Waals surface area contributed by atoms with Gasteiger partial charge in [-0.15, -0.1) is 0 Å². The van der Waals surface area contributed by atoms with Gasteiger partial charge in [-0.25, -0.2) is 4.79 Å². The molecule has 1 atom stereocenters. The van der Waals surface area contributed by atoms with Crippen molar-refractivity contribution in [3.05, 3.63) is 32.7 Å². The first-order valence-electron chi connectivity index (χ1n) is 6.57. The van der Waals surface area contributed by atoms with Crippen molar-refractivity contribution < 1.29 is 0 Å². The van der Waals surface area contributed by atoms with E-state index in [9.17, 15) is 4.79 Å². The van der Waals surface area contributed by atoms with Crippen LogP contribution in [-0.2, 0) is 14.1 Å². The lowest BCUT2D eigenvalue weighted by Crippen LogP contribution is -2.19. The summed E-state index contributed by atoms with van der Waals surface area (Å²) in [5.41, 5.74) is 9.15. The Morgan fingerprint density at radius 3 is 2.42 bits per heavy atom. The average molecular weight is 326 g/mol. The van der Waals surface area contributed by atoms with Gasteiger partial charge in [0.2, 0.25) is 0 Å². The van der Waals surface area contributed by atoms with Crippen LogP contribution in [0.3, 0.4) is 0 Å². The zero-order valence-corrected chi connectivity index (χ0v) is 13.2. The second-order valence-electron chi connectivity index (χ2n) is 5.01. The Hall–Kier alpha value is -1.07. The van der Waals surface area contributed by atoms with Crippen molar-refractivity contribution in [3.8, 4) is 0 Å². The second-order valence-corrected chi connectivity index (χ2v) is 5.87. The van der Waals surface area contributed by atoms with Gasteiger partial charge >= 0.3 is 5.69 Å². The molecule has 0 aliphatic carbocycles. The maximum Gasteiger partial charge on any atom is 0.328 e. The zero-order chi connectivity index (χ0) is 14.2. The number of halogens is 1. The highest BCUT2D eigenvalue weighted by Gasteiger charge is 2.15. The first-order chi connectivity index (χ1) is 8.97. The van der Waals surface area contributed by atoms with Gasteiger partial charge < -0.3 is 5.73 Å². The van der Waals surface area contributed by atoms with Crippen LogP contribution >= 0.6 is 15.9 Å². The van der Waals surface area contributed by atoms with Crippen molar-refractivity contribution in [1.29, 1.82) is 0 Å². The Labute approximate surface area is 121 Å². The van der Waals surface area contributed by atoms with E-state index in [-0.39, 0.29) is 11.7 Å². The molecule has 0 spiro atoms. The fraction of sp³-hybridized carbons (Fsp3) is 0.500. The number of unbranched alkanes of at least 4 members (excludes halogenated alkanes) is 1. The Morgan fingerprint density at radius 2 is 1.84 bits per heavy atom. The van der Waals surface area contributed by atoms with Crippen molar-refractivity contribution in [2.45, 2.75) is 32.2 Å². The predicted octanol–water partition coefficient (Wildman–Crippen LogP) is 2.83. The topological polar surface area (TPSA) is 52.9 Å². The van der Waals surface area contributed by atoms with Gasteiger partial charge in [-0.05, 0) is 24.1 Å². The van der Waals surface area contributed by atoms with Crippen molar-refractivity contribution in [2.75, 3.05) is 0 Å². The molecule has 19 heavy (non-hydrogen) atoms. The molecular weight excluding hydrogens is 306 g/mol. The van der Waals surface area contributed by atoms with E-state index in [0.717, 1.165) is 40.3 Å². The van der Waals surface area contributed by atoms with Crippen LogP contribution in [0.25, 0.3) is 11.0 Å². The van der Waals surface area contributed by atoms with Gasteiger partial charge in [-0.3, -0.25) is 9.13 Å². The number of hydrogen-bond donors (Lipinski definition) is 1. The molecule has 1 unspecified atom stereocenters. The highest BCUT2D eigenvalue weighted by atomic mass is 79.9. The standard InChI is InChI=1S/C14H20BrN3O/c1-4-5-6-11(16)9-7-12-13(8-10(9)15)18(3)14(19)17(12)2/h7-8,11H,4-6,16H2,1-3H3. The summed E-state index contributed by atoms with van der Waals surface area (Å²) in [5.74, 6) is 0. The van der Waals surface area contributed by atoms with Crippen LogP contribution in [0.2, 0.25) is 0 Å². The lowest BCUT2D eigenvalue weighted by Gasteiger charge is -2.14. The van der Waals surface area contributed by atoms with Gasteiger partial charge in [0.15, 0.2) is 0 Å². The molecular formula is C14H20BrN3O. The molecule has 0 fully saturated rings. The number of imidazole rings is 1. The van der Waals surface area contributed by atoms with Crippen molar-refractivity contribution in [3.63, 3.8) is 0 Å². The number of nitrogens with two attached hydrogens (primary N) is 1. The normalized spacial score (nSPS) is 13.1. The molecule has 2 rings (SSSR count). The van der Waals surface area contributed by atoms with Crippen LogP contribution in [0.1, 0.15) is 37.8 Å². The molecule has 2 aromatic rings. The predicted molar refractivity (Wildman–Crippen MR) is 82.3 cm³/mol. The van der Waals surface area contributed by atoms with Gasteiger partial charge in [-0.1, -0.05) is 35.7 Å². The molecule has 2 N–H and O–H groups in total. The van der Waals surface area contributed by atoms with Gasteiger partial charge in [0, 0.05) is 24.6 Å². The van der Waals surface area contributed by atoms with Gasteiger partial charge in [0.1, 0.15) is 0 Å². The molecule has 4 nitrogen and oxygen atoms in total. The van der Waals surface area contributed by atoms with E-state index in [1.807, 2.05) is 12.1 Å². The van der Waals surface area contributed by atoms with Crippen LogP contribution < -0.4 is 11.4 Å². The Morgan fingerprint density at radius 1 is 1.26 bits per heavy atom. The molecule has 0 saturated heterocycles.